The van der Waals surface area contributed by atoms with E-state index in [2.05, 4.69) is 6.92 Å². The minimum absolute atomic E-state index is 0.000447. The van der Waals surface area contributed by atoms with Gasteiger partial charge < -0.3 is 9.84 Å². The van der Waals surface area contributed by atoms with Crippen LogP contribution in [0.2, 0.25) is 0 Å². The van der Waals surface area contributed by atoms with Crippen molar-refractivity contribution < 1.29 is 23.4 Å². The maximum atomic E-state index is 13.6. The standard InChI is InChI=1S/C34H52F2O3/c1-3-5-23-12-16-27(17-13-23)28-18-14-25(15-19-28)7-6-24-8-10-26(11-9-24)22-30(37)29-20-21-31(39-4-2)32(33(29)38)34(35)36/h20-21,23-28,34,38H,3-19,22H2,1-2H3. The number of benzene rings is 1. The number of Topliss-reactive ketones (excluding diaryl/α,β-unsaturated/α-hetero) is 1. The monoisotopic (exact) mass is 546 g/mol. The van der Waals surface area contributed by atoms with Gasteiger partial charge in [-0.05, 0) is 93.1 Å². The number of hydrogen-bond acceptors (Lipinski definition) is 3. The van der Waals surface area contributed by atoms with Crippen LogP contribution in [-0.2, 0) is 0 Å². The number of hydrogen-bond donors (Lipinski definition) is 1. The summed E-state index contributed by atoms with van der Waals surface area (Å²) in [5.41, 5.74) is -0.569. The largest absolute Gasteiger partial charge is 0.507 e. The van der Waals surface area contributed by atoms with Gasteiger partial charge in [-0.1, -0.05) is 71.1 Å². The van der Waals surface area contributed by atoms with Gasteiger partial charge in [-0.3, -0.25) is 4.79 Å². The van der Waals surface area contributed by atoms with E-state index in [0.29, 0.717) is 6.42 Å². The van der Waals surface area contributed by atoms with Crippen LogP contribution in [0.15, 0.2) is 12.1 Å². The lowest BCUT2D eigenvalue weighted by Gasteiger charge is -2.38. The van der Waals surface area contributed by atoms with E-state index in [1.54, 1.807) is 6.92 Å². The summed E-state index contributed by atoms with van der Waals surface area (Å²) in [6.07, 6.45) is 18.9. The first-order valence-corrected chi connectivity index (χ1v) is 16.2. The van der Waals surface area contributed by atoms with Crippen molar-refractivity contribution in [1.82, 2.24) is 0 Å². The van der Waals surface area contributed by atoms with Crippen molar-refractivity contribution in [3.05, 3.63) is 23.3 Å². The van der Waals surface area contributed by atoms with E-state index in [9.17, 15) is 18.7 Å². The van der Waals surface area contributed by atoms with E-state index < -0.39 is 17.7 Å². The molecule has 4 rings (SSSR count). The molecule has 0 spiro atoms. The summed E-state index contributed by atoms with van der Waals surface area (Å²) < 4.78 is 32.3. The number of carbonyl (C=O) groups excluding carboxylic acids is 1. The Bertz CT molecular complexity index is 892. The lowest BCUT2D eigenvalue weighted by Crippen LogP contribution is -2.26. The van der Waals surface area contributed by atoms with Gasteiger partial charge in [-0.2, -0.15) is 0 Å². The van der Waals surface area contributed by atoms with Crippen LogP contribution in [-0.4, -0.2) is 17.5 Å². The fourth-order valence-corrected chi connectivity index (χ4v) is 8.18. The van der Waals surface area contributed by atoms with Crippen molar-refractivity contribution in [2.75, 3.05) is 6.61 Å². The highest BCUT2D eigenvalue weighted by Crippen LogP contribution is 2.44. The Hall–Kier alpha value is -1.65. The number of carbonyl (C=O) groups is 1. The number of rotatable bonds is 12. The first-order valence-electron chi connectivity index (χ1n) is 16.2. The molecule has 39 heavy (non-hydrogen) atoms. The van der Waals surface area contributed by atoms with E-state index in [1.807, 2.05) is 0 Å². The van der Waals surface area contributed by atoms with Crippen LogP contribution in [0.4, 0.5) is 8.78 Å². The van der Waals surface area contributed by atoms with Crippen molar-refractivity contribution in [3.63, 3.8) is 0 Å². The van der Waals surface area contributed by atoms with Crippen molar-refractivity contribution >= 4 is 5.78 Å². The van der Waals surface area contributed by atoms with Gasteiger partial charge in [0.2, 0.25) is 0 Å². The molecule has 1 aromatic carbocycles. The second-order valence-electron chi connectivity index (χ2n) is 13.0. The molecule has 1 N–H and O–H groups in total. The van der Waals surface area contributed by atoms with E-state index in [-0.39, 0.29) is 29.6 Å². The SMILES string of the molecule is CCCC1CCC(C2CCC(CCC3CCC(CC(=O)c4ccc(OCC)c(C(F)F)c4O)CC3)CC2)CC1. The molecule has 5 heteroatoms. The van der Waals surface area contributed by atoms with Crippen molar-refractivity contribution in [2.24, 2.45) is 35.5 Å². The summed E-state index contributed by atoms with van der Waals surface area (Å²) in [4.78, 5) is 12.9. The predicted molar refractivity (Wildman–Crippen MR) is 154 cm³/mol. The molecular weight excluding hydrogens is 494 g/mol. The molecule has 3 aliphatic rings. The topological polar surface area (TPSA) is 46.5 Å². The lowest BCUT2D eigenvalue weighted by atomic mass is 9.68. The zero-order valence-electron chi connectivity index (χ0n) is 24.4. The molecule has 3 saturated carbocycles. The Morgan fingerprint density at radius 3 is 1.77 bits per heavy atom. The zero-order chi connectivity index (χ0) is 27.8. The normalized spacial score (nSPS) is 29.9. The fourth-order valence-electron chi connectivity index (χ4n) is 8.18. The number of alkyl halides is 2. The highest BCUT2D eigenvalue weighted by molar-refractivity contribution is 5.99. The van der Waals surface area contributed by atoms with Gasteiger partial charge in [-0.25, -0.2) is 8.78 Å². The second kappa shape index (κ2) is 14.8. The number of ether oxygens (including phenoxy) is 1. The van der Waals surface area contributed by atoms with Crippen LogP contribution in [0.1, 0.15) is 145 Å². The third-order valence-electron chi connectivity index (χ3n) is 10.6. The highest BCUT2D eigenvalue weighted by atomic mass is 19.3. The molecule has 0 radical (unpaired) electrons. The van der Waals surface area contributed by atoms with Gasteiger partial charge in [0.25, 0.3) is 6.43 Å². The second-order valence-corrected chi connectivity index (χ2v) is 13.0. The third-order valence-corrected chi connectivity index (χ3v) is 10.6. The molecule has 0 amide bonds. The number of aromatic hydroxyl groups is 1. The molecule has 1 aromatic rings. The Labute approximate surface area is 235 Å². The Morgan fingerprint density at radius 2 is 1.28 bits per heavy atom. The molecule has 3 aliphatic carbocycles. The maximum Gasteiger partial charge on any atom is 0.271 e. The molecule has 0 saturated heterocycles. The van der Waals surface area contributed by atoms with Crippen molar-refractivity contribution in [1.29, 1.82) is 0 Å². The highest BCUT2D eigenvalue weighted by Gasteiger charge is 2.32. The number of ketones is 1. The predicted octanol–water partition coefficient (Wildman–Crippen LogP) is 10.3. The molecule has 220 valence electrons. The van der Waals surface area contributed by atoms with E-state index >= 15 is 0 Å². The molecule has 0 aliphatic heterocycles. The van der Waals surface area contributed by atoms with Crippen molar-refractivity contribution in [2.45, 2.75) is 129 Å². The van der Waals surface area contributed by atoms with Crippen LogP contribution < -0.4 is 4.74 Å². The summed E-state index contributed by atoms with van der Waals surface area (Å²) in [6.45, 7) is 4.25. The first kappa shape index (κ1) is 30.3. The zero-order valence-corrected chi connectivity index (χ0v) is 24.4. The Morgan fingerprint density at radius 1 is 0.795 bits per heavy atom. The Kier molecular flexibility index (Phi) is 11.5. The van der Waals surface area contributed by atoms with Crippen LogP contribution in [0, 0.1) is 35.5 Å². The van der Waals surface area contributed by atoms with Gasteiger partial charge in [0.05, 0.1) is 12.2 Å². The smallest absolute Gasteiger partial charge is 0.271 e. The molecule has 0 aromatic heterocycles. The number of phenols is 1. The van der Waals surface area contributed by atoms with Crippen LogP contribution in [0.25, 0.3) is 0 Å². The van der Waals surface area contributed by atoms with E-state index in [4.69, 9.17) is 4.74 Å². The summed E-state index contributed by atoms with van der Waals surface area (Å²) in [7, 11) is 0. The van der Waals surface area contributed by atoms with Crippen LogP contribution in [0.5, 0.6) is 11.5 Å². The summed E-state index contributed by atoms with van der Waals surface area (Å²) in [5, 5.41) is 10.4. The van der Waals surface area contributed by atoms with Gasteiger partial charge in [0.15, 0.2) is 5.78 Å². The van der Waals surface area contributed by atoms with E-state index in [1.165, 1.54) is 89.2 Å². The van der Waals surface area contributed by atoms with Gasteiger partial charge in [-0.15, -0.1) is 0 Å². The van der Waals surface area contributed by atoms with Gasteiger partial charge in [0, 0.05) is 6.42 Å². The van der Waals surface area contributed by atoms with Crippen LogP contribution in [0.3, 0.4) is 0 Å². The molecular formula is C34H52F2O3. The van der Waals surface area contributed by atoms with Gasteiger partial charge in [0.1, 0.15) is 17.1 Å². The molecule has 0 unspecified atom stereocenters. The summed E-state index contributed by atoms with van der Waals surface area (Å²) >= 11 is 0. The molecule has 0 bridgehead atoms. The quantitative estimate of drug-likeness (QED) is 0.265. The average Bonchev–Trinajstić information content (AvgIpc) is 2.93. The molecule has 0 atom stereocenters. The summed E-state index contributed by atoms with van der Waals surface area (Å²) in [5.74, 6) is 4.03. The minimum atomic E-state index is -2.89. The third kappa shape index (κ3) is 8.19. The lowest BCUT2D eigenvalue weighted by molar-refractivity contribution is 0.0935. The van der Waals surface area contributed by atoms with Crippen LogP contribution >= 0.6 is 0 Å². The Balaban J connectivity index is 1.15. The number of halogens is 2. The summed E-state index contributed by atoms with van der Waals surface area (Å²) in [6, 6.07) is 2.83. The molecule has 0 heterocycles. The van der Waals surface area contributed by atoms with E-state index in [0.717, 1.165) is 55.3 Å². The number of phenolic OH excluding ortho intramolecular Hbond substituents is 1. The molecule has 3 nitrogen and oxygen atoms in total. The molecule has 3 fully saturated rings. The minimum Gasteiger partial charge on any atom is -0.507 e. The average molecular weight is 547 g/mol. The fraction of sp³-hybridized carbons (Fsp3) is 0.794. The maximum absolute atomic E-state index is 13.6. The van der Waals surface area contributed by atoms with Gasteiger partial charge >= 0.3 is 0 Å². The first-order chi connectivity index (χ1) is 18.9. The van der Waals surface area contributed by atoms with Crippen molar-refractivity contribution in [3.8, 4) is 11.5 Å².